The summed E-state index contributed by atoms with van der Waals surface area (Å²) in [6, 6.07) is 2.49. The van der Waals surface area contributed by atoms with E-state index < -0.39 is 0 Å². The van der Waals surface area contributed by atoms with Crippen LogP contribution in [0.4, 0.5) is 0 Å². The Hall–Kier alpha value is -1.33. The molecule has 5 nitrogen and oxygen atoms in total. The highest BCUT2D eigenvalue weighted by Gasteiger charge is 2.38. The smallest absolute Gasteiger partial charge is 0.253 e. The molecule has 3 heterocycles. The Morgan fingerprint density at radius 1 is 1.50 bits per heavy atom. The van der Waals surface area contributed by atoms with Crippen LogP contribution < -0.4 is 5.32 Å². The maximum Gasteiger partial charge on any atom is 0.253 e. The second-order valence-electron chi connectivity index (χ2n) is 6.23. The van der Waals surface area contributed by atoms with Crippen LogP contribution in [0.15, 0.2) is 18.5 Å². The summed E-state index contributed by atoms with van der Waals surface area (Å²) in [5, 5.41) is 3.13. The molecule has 1 aromatic rings. The highest BCUT2D eigenvalue weighted by molar-refractivity contribution is 5.94. The van der Waals surface area contributed by atoms with Crippen LogP contribution in [0, 0.1) is 5.92 Å². The van der Waals surface area contributed by atoms with Crippen molar-refractivity contribution in [3.05, 3.63) is 24.0 Å². The zero-order valence-electron chi connectivity index (χ0n) is 12.1. The van der Waals surface area contributed by atoms with E-state index in [1.807, 2.05) is 0 Å². The van der Waals surface area contributed by atoms with Crippen LogP contribution in [0.25, 0.3) is 0 Å². The number of amides is 1. The number of nitrogens with zero attached hydrogens (tertiary/aromatic N) is 1. The van der Waals surface area contributed by atoms with Gasteiger partial charge in [-0.3, -0.25) is 9.69 Å². The molecule has 3 atom stereocenters. The summed E-state index contributed by atoms with van der Waals surface area (Å²) >= 11 is 0. The van der Waals surface area contributed by atoms with Crippen LogP contribution in [0.5, 0.6) is 0 Å². The number of fused-ring (bicyclic) bond motifs is 1. The molecule has 2 saturated heterocycles. The molecule has 0 radical (unpaired) electrons. The average Bonchev–Trinajstić information content (AvgIpc) is 3.06. The summed E-state index contributed by atoms with van der Waals surface area (Å²) in [4.78, 5) is 17.4. The first-order chi connectivity index (χ1) is 9.63. The lowest BCUT2D eigenvalue weighted by Gasteiger charge is -2.36. The second kappa shape index (κ2) is 5.58. The number of nitrogens with one attached hydrogen (secondary N) is 2. The van der Waals surface area contributed by atoms with Crippen molar-refractivity contribution in [3.8, 4) is 0 Å². The van der Waals surface area contributed by atoms with Crippen molar-refractivity contribution in [2.24, 2.45) is 5.92 Å². The summed E-state index contributed by atoms with van der Waals surface area (Å²) in [6.45, 7) is 7.12. The minimum atomic E-state index is 0.0115. The topological polar surface area (TPSA) is 57.4 Å². The standard InChI is InChI=1S/C15H23N3O2/c1-10(2)14-8-18-7-12(5-13(18)9-20-14)17-15(19)11-3-4-16-6-11/h3-4,6,10,12-14,16H,5,7-9H2,1-2H3,(H,17,19)/t12-,13-,14+/m0/s1. The first-order valence-electron chi connectivity index (χ1n) is 7.43. The molecular weight excluding hydrogens is 254 g/mol. The Balaban J connectivity index is 1.56. The Labute approximate surface area is 119 Å². The number of carbonyl (C=O) groups is 1. The maximum atomic E-state index is 12.1. The molecule has 0 aliphatic carbocycles. The molecule has 0 unspecified atom stereocenters. The van der Waals surface area contributed by atoms with E-state index in [0.717, 1.165) is 26.1 Å². The minimum absolute atomic E-state index is 0.0115. The number of rotatable bonds is 3. The predicted molar refractivity (Wildman–Crippen MR) is 76.6 cm³/mol. The van der Waals surface area contributed by atoms with Gasteiger partial charge in [-0.2, -0.15) is 0 Å². The summed E-state index contributed by atoms with van der Waals surface area (Å²) in [5.41, 5.74) is 0.700. The van der Waals surface area contributed by atoms with Crippen molar-refractivity contribution in [1.82, 2.24) is 15.2 Å². The molecule has 20 heavy (non-hydrogen) atoms. The van der Waals surface area contributed by atoms with E-state index in [2.05, 4.69) is 29.0 Å². The first kappa shape index (κ1) is 13.6. The highest BCUT2D eigenvalue weighted by Crippen LogP contribution is 2.25. The third-order valence-corrected chi connectivity index (χ3v) is 4.38. The van der Waals surface area contributed by atoms with Crippen LogP contribution in [-0.4, -0.2) is 53.7 Å². The number of aromatic nitrogens is 1. The van der Waals surface area contributed by atoms with Crippen LogP contribution in [-0.2, 0) is 4.74 Å². The molecule has 2 aliphatic rings. The number of ether oxygens (including phenoxy) is 1. The molecule has 2 fully saturated rings. The molecule has 0 aromatic carbocycles. The Morgan fingerprint density at radius 3 is 3.05 bits per heavy atom. The van der Waals surface area contributed by atoms with E-state index in [1.54, 1.807) is 18.5 Å². The van der Waals surface area contributed by atoms with Crippen LogP contribution in [0.1, 0.15) is 30.6 Å². The third-order valence-electron chi connectivity index (χ3n) is 4.38. The summed E-state index contributed by atoms with van der Waals surface area (Å²) in [5.74, 6) is 0.557. The van der Waals surface area contributed by atoms with Gasteiger partial charge in [0.15, 0.2) is 0 Å². The van der Waals surface area contributed by atoms with Gasteiger partial charge in [-0.05, 0) is 18.4 Å². The van der Waals surface area contributed by atoms with E-state index in [0.29, 0.717) is 23.6 Å². The number of hydrogen-bond acceptors (Lipinski definition) is 3. The fourth-order valence-corrected chi connectivity index (χ4v) is 3.14. The SMILES string of the molecule is CC(C)[C@H]1CN2C[C@@H](NC(=O)c3cc[nH]c3)C[C@H]2CO1. The van der Waals surface area contributed by atoms with Gasteiger partial charge in [0.2, 0.25) is 0 Å². The number of hydrogen-bond donors (Lipinski definition) is 2. The second-order valence-corrected chi connectivity index (χ2v) is 6.23. The van der Waals surface area contributed by atoms with Gasteiger partial charge in [0.05, 0.1) is 18.3 Å². The molecule has 2 aliphatic heterocycles. The predicted octanol–water partition coefficient (Wildman–Crippen LogP) is 1.24. The zero-order valence-corrected chi connectivity index (χ0v) is 12.1. The van der Waals surface area contributed by atoms with Gasteiger partial charge in [0.25, 0.3) is 5.91 Å². The minimum Gasteiger partial charge on any atom is -0.375 e. The van der Waals surface area contributed by atoms with Crippen molar-refractivity contribution >= 4 is 5.91 Å². The lowest BCUT2D eigenvalue weighted by atomic mass is 10.0. The molecule has 1 amide bonds. The molecule has 1 aromatic heterocycles. The maximum absolute atomic E-state index is 12.1. The van der Waals surface area contributed by atoms with E-state index in [-0.39, 0.29) is 11.9 Å². The average molecular weight is 277 g/mol. The number of carbonyl (C=O) groups excluding carboxylic acids is 1. The summed E-state index contributed by atoms with van der Waals surface area (Å²) in [7, 11) is 0. The summed E-state index contributed by atoms with van der Waals surface area (Å²) in [6.07, 6.45) is 4.81. The normalized spacial score (nSPS) is 30.4. The van der Waals surface area contributed by atoms with Crippen molar-refractivity contribution in [2.45, 2.75) is 38.5 Å². The first-order valence-corrected chi connectivity index (χ1v) is 7.43. The van der Waals surface area contributed by atoms with E-state index >= 15 is 0 Å². The molecule has 110 valence electrons. The lowest BCUT2D eigenvalue weighted by molar-refractivity contribution is -0.0683. The van der Waals surface area contributed by atoms with Crippen molar-refractivity contribution in [3.63, 3.8) is 0 Å². The zero-order chi connectivity index (χ0) is 14.1. The molecule has 3 rings (SSSR count). The van der Waals surface area contributed by atoms with Gasteiger partial charge in [0, 0.05) is 37.6 Å². The van der Waals surface area contributed by atoms with Gasteiger partial charge in [-0.15, -0.1) is 0 Å². The van der Waals surface area contributed by atoms with Crippen LogP contribution >= 0.6 is 0 Å². The summed E-state index contributed by atoms with van der Waals surface area (Å²) < 4.78 is 5.92. The molecule has 5 heteroatoms. The lowest BCUT2D eigenvalue weighted by Crippen LogP contribution is -2.48. The Bertz CT molecular complexity index is 458. The third kappa shape index (κ3) is 2.74. The largest absolute Gasteiger partial charge is 0.375 e. The molecule has 0 saturated carbocycles. The molecule has 2 N–H and O–H groups in total. The molecular formula is C15H23N3O2. The van der Waals surface area contributed by atoms with E-state index in [9.17, 15) is 4.79 Å². The fourth-order valence-electron chi connectivity index (χ4n) is 3.14. The fraction of sp³-hybridized carbons (Fsp3) is 0.667. The highest BCUT2D eigenvalue weighted by atomic mass is 16.5. The number of morpholine rings is 1. The number of aromatic amines is 1. The quantitative estimate of drug-likeness (QED) is 0.874. The van der Waals surface area contributed by atoms with Gasteiger partial charge in [0.1, 0.15) is 0 Å². The number of H-pyrrole nitrogens is 1. The van der Waals surface area contributed by atoms with E-state index in [4.69, 9.17) is 4.74 Å². The van der Waals surface area contributed by atoms with Gasteiger partial charge >= 0.3 is 0 Å². The van der Waals surface area contributed by atoms with Gasteiger partial charge in [-0.1, -0.05) is 13.8 Å². The van der Waals surface area contributed by atoms with E-state index in [1.165, 1.54) is 0 Å². The monoisotopic (exact) mass is 277 g/mol. The van der Waals surface area contributed by atoms with Gasteiger partial charge in [-0.25, -0.2) is 0 Å². The van der Waals surface area contributed by atoms with Crippen molar-refractivity contribution < 1.29 is 9.53 Å². The van der Waals surface area contributed by atoms with Crippen molar-refractivity contribution in [1.29, 1.82) is 0 Å². The van der Waals surface area contributed by atoms with Crippen molar-refractivity contribution in [2.75, 3.05) is 19.7 Å². The molecule has 0 spiro atoms. The molecule has 0 bridgehead atoms. The van der Waals surface area contributed by atoms with Crippen LogP contribution in [0.3, 0.4) is 0 Å². The van der Waals surface area contributed by atoms with Crippen LogP contribution in [0.2, 0.25) is 0 Å². The Kier molecular flexibility index (Phi) is 3.81. The van der Waals surface area contributed by atoms with Gasteiger partial charge < -0.3 is 15.0 Å². The Morgan fingerprint density at radius 2 is 2.35 bits per heavy atom.